The van der Waals surface area contributed by atoms with Crippen molar-refractivity contribution in [2.45, 2.75) is 26.4 Å². The SMILES string of the molecule is CC(C)[C@@H](N)C(=O)NCc1csc(=O)[nH]1. The van der Waals surface area contributed by atoms with Gasteiger partial charge in [0.2, 0.25) is 5.91 Å². The molecule has 1 heterocycles. The third-order valence-corrected chi connectivity index (χ3v) is 2.76. The van der Waals surface area contributed by atoms with Crippen LogP contribution in [0.2, 0.25) is 0 Å². The average Bonchev–Trinajstić information content (AvgIpc) is 2.59. The van der Waals surface area contributed by atoms with Gasteiger partial charge in [0.1, 0.15) is 0 Å². The molecular weight excluding hydrogens is 214 g/mol. The molecule has 0 saturated carbocycles. The number of rotatable bonds is 4. The van der Waals surface area contributed by atoms with Crippen molar-refractivity contribution in [3.63, 3.8) is 0 Å². The minimum Gasteiger partial charge on any atom is -0.349 e. The molecule has 0 aliphatic carbocycles. The smallest absolute Gasteiger partial charge is 0.304 e. The second-order valence-corrected chi connectivity index (χ2v) is 4.50. The van der Waals surface area contributed by atoms with Gasteiger partial charge in [0.05, 0.1) is 12.6 Å². The Morgan fingerprint density at radius 1 is 1.67 bits per heavy atom. The zero-order chi connectivity index (χ0) is 11.4. The van der Waals surface area contributed by atoms with E-state index in [1.807, 2.05) is 13.8 Å². The van der Waals surface area contributed by atoms with Crippen molar-refractivity contribution in [3.8, 4) is 0 Å². The van der Waals surface area contributed by atoms with Gasteiger partial charge in [0.15, 0.2) is 0 Å². The fourth-order valence-electron chi connectivity index (χ4n) is 1.00. The first-order valence-corrected chi connectivity index (χ1v) is 5.58. The zero-order valence-electron chi connectivity index (χ0n) is 8.74. The van der Waals surface area contributed by atoms with Crippen molar-refractivity contribution in [3.05, 3.63) is 20.7 Å². The number of hydrogen-bond acceptors (Lipinski definition) is 4. The highest BCUT2D eigenvalue weighted by Gasteiger charge is 2.16. The first-order valence-electron chi connectivity index (χ1n) is 4.70. The van der Waals surface area contributed by atoms with Crippen LogP contribution in [0.1, 0.15) is 19.5 Å². The molecule has 1 atom stereocenters. The second-order valence-electron chi connectivity index (χ2n) is 3.66. The van der Waals surface area contributed by atoms with E-state index in [0.29, 0.717) is 12.2 Å². The Balaban J connectivity index is 2.44. The van der Waals surface area contributed by atoms with Crippen LogP contribution >= 0.6 is 11.3 Å². The van der Waals surface area contributed by atoms with E-state index in [2.05, 4.69) is 10.3 Å². The molecule has 84 valence electrons. The monoisotopic (exact) mass is 229 g/mol. The number of amides is 1. The Labute approximate surface area is 91.7 Å². The van der Waals surface area contributed by atoms with Crippen molar-refractivity contribution >= 4 is 17.2 Å². The summed E-state index contributed by atoms with van der Waals surface area (Å²) in [7, 11) is 0. The molecule has 0 aromatic carbocycles. The predicted molar refractivity (Wildman–Crippen MR) is 59.6 cm³/mol. The maximum absolute atomic E-state index is 11.4. The van der Waals surface area contributed by atoms with E-state index in [-0.39, 0.29) is 16.7 Å². The molecule has 1 rings (SSSR count). The lowest BCUT2D eigenvalue weighted by Gasteiger charge is -2.14. The van der Waals surface area contributed by atoms with Gasteiger partial charge in [-0.15, -0.1) is 0 Å². The van der Waals surface area contributed by atoms with Crippen LogP contribution in [0.15, 0.2) is 10.2 Å². The summed E-state index contributed by atoms with van der Waals surface area (Å²) in [6.45, 7) is 4.09. The van der Waals surface area contributed by atoms with Gasteiger partial charge in [0, 0.05) is 11.1 Å². The summed E-state index contributed by atoms with van der Waals surface area (Å²) < 4.78 is 0. The highest BCUT2D eigenvalue weighted by atomic mass is 32.1. The summed E-state index contributed by atoms with van der Waals surface area (Å²) in [6.07, 6.45) is 0. The van der Waals surface area contributed by atoms with E-state index in [4.69, 9.17) is 5.73 Å². The van der Waals surface area contributed by atoms with Crippen LogP contribution in [0.25, 0.3) is 0 Å². The summed E-state index contributed by atoms with van der Waals surface area (Å²) in [5.74, 6) is -0.0939. The molecule has 4 N–H and O–H groups in total. The number of nitrogens with one attached hydrogen (secondary N) is 2. The van der Waals surface area contributed by atoms with E-state index in [0.717, 1.165) is 11.3 Å². The molecular formula is C9H15N3O2S. The maximum atomic E-state index is 11.4. The van der Waals surface area contributed by atoms with Crippen molar-refractivity contribution in [1.29, 1.82) is 0 Å². The lowest BCUT2D eigenvalue weighted by Crippen LogP contribution is -2.43. The van der Waals surface area contributed by atoms with Gasteiger partial charge in [-0.05, 0) is 5.92 Å². The van der Waals surface area contributed by atoms with Crippen molar-refractivity contribution in [1.82, 2.24) is 10.3 Å². The molecule has 1 amide bonds. The summed E-state index contributed by atoms with van der Waals surface area (Å²) in [5, 5.41) is 4.35. The summed E-state index contributed by atoms with van der Waals surface area (Å²) in [6, 6.07) is -0.504. The van der Waals surface area contributed by atoms with E-state index in [1.165, 1.54) is 0 Å². The number of aromatic amines is 1. The number of hydrogen-bond donors (Lipinski definition) is 3. The zero-order valence-corrected chi connectivity index (χ0v) is 9.56. The van der Waals surface area contributed by atoms with Gasteiger partial charge in [0.25, 0.3) is 0 Å². The van der Waals surface area contributed by atoms with Gasteiger partial charge < -0.3 is 16.0 Å². The Bertz CT molecular complexity index is 383. The van der Waals surface area contributed by atoms with Gasteiger partial charge in [-0.2, -0.15) is 0 Å². The molecule has 1 aromatic heterocycles. The van der Waals surface area contributed by atoms with Crippen molar-refractivity contribution < 1.29 is 4.79 Å². The fourth-order valence-corrected chi connectivity index (χ4v) is 1.59. The van der Waals surface area contributed by atoms with Crippen LogP contribution in [0.4, 0.5) is 0 Å². The molecule has 0 bridgehead atoms. The van der Waals surface area contributed by atoms with Crippen LogP contribution < -0.4 is 15.9 Å². The Kier molecular flexibility index (Phi) is 4.05. The first kappa shape index (κ1) is 11.9. The molecule has 0 aliphatic rings. The van der Waals surface area contributed by atoms with Crippen LogP contribution in [0.3, 0.4) is 0 Å². The van der Waals surface area contributed by atoms with Crippen LogP contribution in [-0.2, 0) is 11.3 Å². The molecule has 6 heteroatoms. The molecule has 5 nitrogen and oxygen atoms in total. The Morgan fingerprint density at radius 2 is 2.33 bits per heavy atom. The normalized spacial score (nSPS) is 12.8. The van der Waals surface area contributed by atoms with Crippen molar-refractivity contribution in [2.24, 2.45) is 11.7 Å². The molecule has 0 saturated heterocycles. The summed E-state index contributed by atoms with van der Waals surface area (Å²) in [4.78, 5) is 24.7. The lowest BCUT2D eigenvalue weighted by molar-refractivity contribution is -0.123. The van der Waals surface area contributed by atoms with Gasteiger partial charge in [-0.1, -0.05) is 25.2 Å². The standard InChI is InChI=1S/C9H15N3O2S/c1-5(2)7(10)8(13)11-3-6-4-15-9(14)12-6/h4-5,7H,3,10H2,1-2H3,(H,11,13)(H,12,14)/t7-/m1/s1. The molecule has 0 spiro atoms. The van der Waals surface area contributed by atoms with E-state index < -0.39 is 6.04 Å². The topological polar surface area (TPSA) is 88.0 Å². The molecule has 15 heavy (non-hydrogen) atoms. The first-order chi connectivity index (χ1) is 7.00. The van der Waals surface area contributed by atoms with Crippen LogP contribution in [-0.4, -0.2) is 16.9 Å². The summed E-state index contributed by atoms with van der Waals surface area (Å²) in [5.41, 5.74) is 6.35. The third kappa shape index (κ3) is 3.49. The molecule has 0 radical (unpaired) electrons. The summed E-state index contributed by atoms with van der Waals surface area (Å²) >= 11 is 1.08. The second kappa shape index (κ2) is 5.09. The Hall–Kier alpha value is -1.14. The number of nitrogens with two attached hydrogens (primary N) is 1. The van der Waals surface area contributed by atoms with E-state index in [1.54, 1.807) is 5.38 Å². The number of aromatic nitrogens is 1. The van der Waals surface area contributed by atoms with Crippen LogP contribution in [0, 0.1) is 5.92 Å². The largest absolute Gasteiger partial charge is 0.349 e. The quantitative estimate of drug-likeness (QED) is 0.681. The number of carbonyl (C=O) groups excluding carboxylic acids is 1. The molecule has 0 unspecified atom stereocenters. The van der Waals surface area contributed by atoms with Crippen LogP contribution in [0.5, 0.6) is 0 Å². The maximum Gasteiger partial charge on any atom is 0.304 e. The highest BCUT2D eigenvalue weighted by Crippen LogP contribution is 1.99. The number of carbonyl (C=O) groups is 1. The lowest BCUT2D eigenvalue weighted by atomic mass is 10.1. The van der Waals surface area contributed by atoms with Gasteiger partial charge in [-0.25, -0.2) is 0 Å². The Morgan fingerprint density at radius 3 is 2.80 bits per heavy atom. The van der Waals surface area contributed by atoms with Gasteiger partial charge in [-0.3, -0.25) is 9.59 Å². The third-order valence-electron chi connectivity index (χ3n) is 2.04. The molecule has 0 aliphatic heterocycles. The van der Waals surface area contributed by atoms with E-state index in [9.17, 15) is 9.59 Å². The number of H-pyrrole nitrogens is 1. The molecule has 1 aromatic rings. The average molecular weight is 229 g/mol. The number of thiazole rings is 1. The van der Waals surface area contributed by atoms with Crippen molar-refractivity contribution in [2.75, 3.05) is 0 Å². The predicted octanol–water partition coefficient (Wildman–Crippen LogP) is 0.0359. The fraction of sp³-hybridized carbons (Fsp3) is 0.556. The highest BCUT2D eigenvalue weighted by molar-refractivity contribution is 7.07. The minimum absolute atomic E-state index is 0.103. The van der Waals surface area contributed by atoms with Gasteiger partial charge >= 0.3 is 4.87 Å². The van der Waals surface area contributed by atoms with E-state index >= 15 is 0 Å². The molecule has 0 fully saturated rings. The minimum atomic E-state index is -0.504.